The van der Waals surface area contributed by atoms with Crippen molar-refractivity contribution in [2.45, 2.75) is 97.6 Å². The van der Waals surface area contributed by atoms with Crippen LogP contribution in [0.2, 0.25) is 0 Å². The minimum Gasteiger partial charge on any atom is -0.462 e. The molecule has 0 aliphatic heterocycles. The van der Waals surface area contributed by atoms with Gasteiger partial charge in [-0.25, -0.2) is 0 Å². The van der Waals surface area contributed by atoms with Gasteiger partial charge in [-0.05, 0) is 49.4 Å². The summed E-state index contributed by atoms with van der Waals surface area (Å²) in [6, 6.07) is 0. The number of hydrogen-bond acceptors (Lipinski definition) is 7. The van der Waals surface area contributed by atoms with Crippen molar-refractivity contribution >= 4 is 17.9 Å². The average Bonchev–Trinajstić information content (AvgIpc) is 2.91. The van der Waals surface area contributed by atoms with Crippen LogP contribution in [0.4, 0.5) is 0 Å². The van der Waals surface area contributed by atoms with Crippen LogP contribution in [-0.2, 0) is 28.6 Å². The van der Waals surface area contributed by atoms with Gasteiger partial charge in [0.15, 0.2) is 0 Å². The molecule has 3 saturated carbocycles. The van der Waals surface area contributed by atoms with E-state index in [0.29, 0.717) is 19.3 Å². The Labute approximate surface area is 189 Å². The predicted molar refractivity (Wildman–Crippen MR) is 115 cm³/mol. The van der Waals surface area contributed by atoms with E-state index in [1.54, 1.807) is 0 Å². The first-order chi connectivity index (χ1) is 15.0. The molecule has 178 valence electrons. The molecule has 0 aromatic rings. The molecule has 3 unspecified atom stereocenters. The van der Waals surface area contributed by atoms with Crippen LogP contribution in [0.25, 0.3) is 0 Å². The Balaban J connectivity index is 1.69. The molecule has 0 aromatic heterocycles. The molecule has 0 aromatic carbocycles. The molecular formula is C25H36O7. The third-order valence-corrected chi connectivity index (χ3v) is 8.89. The normalized spacial score (nSPS) is 44.9. The molecule has 3 fully saturated rings. The van der Waals surface area contributed by atoms with E-state index >= 15 is 0 Å². The summed E-state index contributed by atoms with van der Waals surface area (Å²) in [6.07, 6.45) is 4.90. The second-order valence-corrected chi connectivity index (χ2v) is 10.8. The number of rotatable bonds is 3. The SMILES string of the molecule is CC(=O)O[C@H]1CC[C@@]2(C)C(=CCC3C2[C@@H](OC(C)=O)C[C@@]2(C)C3C[C@H](OC(C)=O)[C@@H]2O)C1. The number of allylic oxidation sites excluding steroid dienone is 1. The van der Waals surface area contributed by atoms with E-state index in [1.165, 1.54) is 26.3 Å². The second kappa shape index (κ2) is 8.15. The van der Waals surface area contributed by atoms with Gasteiger partial charge in [0.2, 0.25) is 0 Å². The monoisotopic (exact) mass is 448 g/mol. The van der Waals surface area contributed by atoms with Crippen molar-refractivity contribution in [2.24, 2.45) is 28.6 Å². The fraction of sp³-hybridized carbons (Fsp3) is 0.800. The van der Waals surface area contributed by atoms with Crippen molar-refractivity contribution in [3.63, 3.8) is 0 Å². The topological polar surface area (TPSA) is 99.1 Å². The van der Waals surface area contributed by atoms with Gasteiger partial charge in [0.05, 0.1) is 6.10 Å². The van der Waals surface area contributed by atoms with Gasteiger partial charge in [-0.3, -0.25) is 14.4 Å². The Morgan fingerprint density at radius 3 is 2.25 bits per heavy atom. The van der Waals surface area contributed by atoms with Crippen LogP contribution in [0.15, 0.2) is 11.6 Å². The second-order valence-electron chi connectivity index (χ2n) is 10.8. The van der Waals surface area contributed by atoms with Gasteiger partial charge in [-0.2, -0.15) is 0 Å². The van der Waals surface area contributed by atoms with Gasteiger partial charge in [-0.15, -0.1) is 0 Å². The van der Waals surface area contributed by atoms with E-state index in [4.69, 9.17) is 14.2 Å². The van der Waals surface area contributed by atoms with Gasteiger partial charge < -0.3 is 19.3 Å². The van der Waals surface area contributed by atoms with E-state index in [-0.39, 0.29) is 53.3 Å². The molecule has 0 radical (unpaired) electrons. The molecule has 0 spiro atoms. The Morgan fingerprint density at radius 1 is 1.00 bits per heavy atom. The first-order valence-corrected chi connectivity index (χ1v) is 11.8. The van der Waals surface area contributed by atoms with Gasteiger partial charge in [0.25, 0.3) is 0 Å². The summed E-state index contributed by atoms with van der Waals surface area (Å²) < 4.78 is 16.9. The molecule has 4 aliphatic rings. The number of carbonyl (C=O) groups is 3. The van der Waals surface area contributed by atoms with Gasteiger partial charge in [-0.1, -0.05) is 25.5 Å². The predicted octanol–water partition coefficient (Wildman–Crippen LogP) is 3.33. The third-order valence-electron chi connectivity index (χ3n) is 8.89. The van der Waals surface area contributed by atoms with Gasteiger partial charge >= 0.3 is 17.9 Å². The molecule has 32 heavy (non-hydrogen) atoms. The molecule has 0 heterocycles. The highest BCUT2D eigenvalue weighted by molar-refractivity contribution is 5.67. The lowest BCUT2D eigenvalue weighted by atomic mass is 9.47. The van der Waals surface area contributed by atoms with Crippen LogP contribution in [-0.4, -0.2) is 47.4 Å². The molecule has 7 nitrogen and oxygen atoms in total. The smallest absolute Gasteiger partial charge is 0.302 e. The highest BCUT2D eigenvalue weighted by Gasteiger charge is 2.65. The Hall–Kier alpha value is -1.89. The van der Waals surface area contributed by atoms with Crippen molar-refractivity contribution in [1.82, 2.24) is 0 Å². The highest BCUT2D eigenvalue weighted by atomic mass is 16.6. The standard InChI is InChI=1S/C25H36O7/c1-13(26)30-17-8-9-24(4)16(10-17)6-7-18-19-11-20(31-14(2)27)23(29)25(19,5)12-21(22(18)24)32-15(3)28/h6,17-23,29H,7-12H2,1-5H3/t17-,18?,19?,20-,21-,22?,23-,24-,25-/m0/s1. The summed E-state index contributed by atoms with van der Waals surface area (Å²) in [6.45, 7) is 8.57. The van der Waals surface area contributed by atoms with Gasteiger partial charge in [0, 0.05) is 38.5 Å². The molecule has 9 atom stereocenters. The van der Waals surface area contributed by atoms with Crippen molar-refractivity contribution in [3.05, 3.63) is 11.6 Å². The van der Waals surface area contributed by atoms with E-state index in [1.807, 2.05) is 0 Å². The molecule has 0 amide bonds. The summed E-state index contributed by atoms with van der Waals surface area (Å²) in [5.41, 5.74) is 0.635. The summed E-state index contributed by atoms with van der Waals surface area (Å²) >= 11 is 0. The van der Waals surface area contributed by atoms with E-state index in [0.717, 1.165) is 19.3 Å². The molecular weight excluding hydrogens is 412 g/mol. The fourth-order valence-electron chi connectivity index (χ4n) is 7.68. The lowest BCUT2D eigenvalue weighted by molar-refractivity contribution is -0.180. The minimum absolute atomic E-state index is 0.106. The molecule has 7 heteroatoms. The van der Waals surface area contributed by atoms with Crippen LogP contribution in [0, 0.1) is 28.6 Å². The largest absolute Gasteiger partial charge is 0.462 e. The maximum Gasteiger partial charge on any atom is 0.302 e. The van der Waals surface area contributed by atoms with Crippen molar-refractivity contribution in [3.8, 4) is 0 Å². The Morgan fingerprint density at radius 2 is 1.62 bits per heavy atom. The lowest BCUT2D eigenvalue weighted by Gasteiger charge is -2.59. The zero-order valence-electron chi connectivity index (χ0n) is 19.8. The first-order valence-electron chi connectivity index (χ1n) is 11.8. The molecule has 0 saturated heterocycles. The Kier molecular flexibility index (Phi) is 5.93. The number of aliphatic hydroxyl groups excluding tert-OH is 1. The molecule has 0 bridgehead atoms. The van der Waals surface area contributed by atoms with Crippen molar-refractivity contribution in [2.75, 3.05) is 0 Å². The minimum atomic E-state index is -0.784. The van der Waals surface area contributed by atoms with Crippen LogP contribution < -0.4 is 0 Å². The molecule has 4 aliphatic carbocycles. The zero-order chi connectivity index (χ0) is 23.4. The number of ether oxygens (including phenoxy) is 3. The number of fused-ring (bicyclic) bond motifs is 5. The van der Waals surface area contributed by atoms with E-state index < -0.39 is 17.6 Å². The number of hydrogen-bond donors (Lipinski definition) is 1. The number of aliphatic hydroxyl groups is 1. The van der Waals surface area contributed by atoms with E-state index in [2.05, 4.69) is 19.9 Å². The Bertz CT molecular complexity index is 834. The van der Waals surface area contributed by atoms with Crippen LogP contribution in [0.5, 0.6) is 0 Å². The first kappa shape index (κ1) is 23.3. The van der Waals surface area contributed by atoms with E-state index in [9.17, 15) is 19.5 Å². The number of esters is 3. The van der Waals surface area contributed by atoms with Crippen molar-refractivity contribution < 1.29 is 33.7 Å². The highest BCUT2D eigenvalue weighted by Crippen LogP contribution is 2.65. The maximum atomic E-state index is 12.1. The van der Waals surface area contributed by atoms with Gasteiger partial charge in [0.1, 0.15) is 18.3 Å². The maximum absolute atomic E-state index is 12.1. The quantitative estimate of drug-likeness (QED) is 0.402. The van der Waals surface area contributed by atoms with Crippen LogP contribution >= 0.6 is 0 Å². The van der Waals surface area contributed by atoms with Crippen LogP contribution in [0.1, 0.15) is 73.1 Å². The third kappa shape index (κ3) is 3.76. The summed E-state index contributed by atoms with van der Waals surface area (Å²) in [5.74, 6) is -0.451. The average molecular weight is 449 g/mol. The molecule has 1 N–H and O–H groups in total. The fourth-order valence-corrected chi connectivity index (χ4v) is 7.68. The van der Waals surface area contributed by atoms with Crippen LogP contribution in [0.3, 0.4) is 0 Å². The summed E-state index contributed by atoms with van der Waals surface area (Å²) in [4.78, 5) is 35.2. The zero-order valence-corrected chi connectivity index (χ0v) is 19.8. The van der Waals surface area contributed by atoms with Crippen molar-refractivity contribution in [1.29, 1.82) is 0 Å². The lowest BCUT2D eigenvalue weighted by Crippen LogP contribution is -2.58. The summed E-state index contributed by atoms with van der Waals surface area (Å²) in [7, 11) is 0. The summed E-state index contributed by atoms with van der Waals surface area (Å²) in [5, 5.41) is 11.2. The molecule has 4 rings (SSSR count). The number of carbonyl (C=O) groups excluding carboxylic acids is 3.